The predicted molar refractivity (Wildman–Crippen MR) is 68.2 cm³/mol. The van der Waals surface area contributed by atoms with Crippen molar-refractivity contribution < 1.29 is 9.84 Å². The van der Waals surface area contributed by atoms with E-state index in [1.165, 1.54) is 6.33 Å². The van der Waals surface area contributed by atoms with Crippen molar-refractivity contribution in [2.24, 2.45) is 0 Å². The van der Waals surface area contributed by atoms with Gasteiger partial charge in [0.1, 0.15) is 18.1 Å². The first-order valence-electron chi connectivity index (χ1n) is 6.11. The number of nitrogens with one attached hydrogen (secondary N) is 1. The van der Waals surface area contributed by atoms with Gasteiger partial charge in [0, 0.05) is 12.5 Å². The van der Waals surface area contributed by atoms with Gasteiger partial charge in [-0.15, -0.1) is 0 Å². The van der Waals surface area contributed by atoms with Crippen molar-refractivity contribution in [3.8, 4) is 0 Å². The number of imidazole rings is 1. The standard InChI is InChI=1S/C11H16N6O2/c1-13-6-2-8(19-7(6)3-18)17-5-16-9-10(12)14-4-15-11(9)17/h4-8,13,18H,2-3H2,1H3,(H2,12,14,15)/t6?,7-,8-/m1/s1. The van der Waals surface area contributed by atoms with E-state index in [4.69, 9.17) is 10.5 Å². The number of ether oxygens (including phenoxy) is 1. The lowest BCUT2D eigenvalue weighted by molar-refractivity contribution is -0.0249. The van der Waals surface area contributed by atoms with Gasteiger partial charge in [-0.05, 0) is 7.05 Å². The number of nitrogens with zero attached hydrogens (tertiary/aromatic N) is 4. The Morgan fingerprint density at radius 2 is 2.37 bits per heavy atom. The third-order valence-electron chi connectivity index (χ3n) is 3.48. The van der Waals surface area contributed by atoms with Gasteiger partial charge in [0.2, 0.25) is 0 Å². The SMILES string of the molecule is CNC1C[C@H](n2cnc3c(N)ncnc32)O[C@@H]1CO. The summed E-state index contributed by atoms with van der Waals surface area (Å²) in [6.07, 6.45) is 3.34. The van der Waals surface area contributed by atoms with Crippen LogP contribution in [-0.2, 0) is 4.74 Å². The topological polar surface area (TPSA) is 111 Å². The number of rotatable bonds is 3. The van der Waals surface area contributed by atoms with Crippen molar-refractivity contribution in [1.82, 2.24) is 24.8 Å². The maximum atomic E-state index is 9.30. The monoisotopic (exact) mass is 264 g/mol. The molecule has 0 aromatic carbocycles. The fourth-order valence-electron chi connectivity index (χ4n) is 2.46. The van der Waals surface area contributed by atoms with Crippen molar-refractivity contribution in [1.29, 1.82) is 0 Å². The second-order valence-electron chi connectivity index (χ2n) is 4.53. The number of aliphatic hydroxyl groups is 1. The van der Waals surface area contributed by atoms with E-state index in [2.05, 4.69) is 20.3 Å². The van der Waals surface area contributed by atoms with Crippen LogP contribution in [0.5, 0.6) is 0 Å². The Bertz CT molecular complexity index is 574. The molecule has 2 aromatic heterocycles. The molecule has 3 rings (SSSR count). The van der Waals surface area contributed by atoms with Gasteiger partial charge in [0.15, 0.2) is 11.5 Å². The van der Waals surface area contributed by atoms with E-state index in [9.17, 15) is 5.11 Å². The summed E-state index contributed by atoms with van der Waals surface area (Å²) in [6, 6.07) is 0.103. The molecule has 1 aliphatic rings. The molecule has 0 spiro atoms. The van der Waals surface area contributed by atoms with E-state index in [-0.39, 0.29) is 25.0 Å². The number of nitrogens with two attached hydrogens (primary N) is 1. The highest BCUT2D eigenvalue weighted by Gasteiger charge is 2.35. The van der Waals surface area contributed by atoms with Crippen LogP contribution in [0.15, 0.2) is 12.7 Å². The Morgan fingerprint density at radius 3 is 3.05 bits per heavy atom. The maximum absolute atomic E-state index is 9.30. The number of fused-ring (bicyclic) bond motifs is 1. The van der Waals surface area contributed by atoms with Crippen LogP contribution in [0.2, 0.25) is 0 Å². The van der Waals surface area contributed by atoms with E-state index in [0.29, 0.717) is 17.0 Å². The first kappa shape index (κ1) is 12.3. The predicted octanol–water partition coefficient (Wildman–Crippen LogP) is -0.724. The van der Waals surface area contributed by atoms with Crippen LogP contribution < -0.4 is 11.1 Å². The summed E-state index contributed by atoms with van der Waals surface area (Å²) in [7, 11) is 1.85. The maximum Gasteiger partial charge on any atom is 0.167 e. The zero-order valence-electron chi connectivity index (χ0n) is 10.5. The Balaban J connectivity index is 1.95. The lowest BCUT2D eigenvalue weighted by atomic mass is 10.1. The number of anilines is 1. The zero-order valence-corrected chi connectivity index (χ0v) is 10.5. The van der Waals surface area contributed by atoms with Gasteiger partial charge in [-0.1, -0.05) is 0 Å². The minimum atomic E-state index is -0.230. The lowest BCUT2D eigenvalue weighted by Crippen LogP contribution is -2.35. The number of nitrogen functional groups attached to an aromatic ring is 1. The van der Waals surface area contributed by atoms with E-state index < -0.39 is 0 Å². The summed E-state index contributed by atoms with van der Waals surface area (Å²) >= 11 is 0. The largest absolute Gasteiger partial charge is 0.394 e. The minimum absolute atomic E-state index is 0.0221. The fourth-order valence-corrected chi connectivity index (χ4v) is 2.46. The normalized spacial score (nSPS) is 27.2. The summed E-state index contributed by atoms with van der Waals surface area (Å²) < 4.78 is 7.64. The first-order valence-corrected chi connectivity index (χ1v) is 6.11. The molecule has 1 aliphatic heterocycles. The van der Waals surface area contributed by atoms with Crippen LogP contribution in [0, 0.1) is 0 Å². The van der Waals surface area contributed by atoms with Crippen molar-refractivity contribution >= 4 is 17.0 Å². The molecule has 19 heavy (non-hydrogen) atoms. The quantitative estimate of drug-likeness (QED) is 0.670. The van der Waals surface area contributed by atoms with Crippen LogP contribution in [0.4, 0.5) is 5.82 Å². The fraction of sp³-hybridized carbons (Fsp3) is 0.545. The molecule has 0 amide bonds. The number of aromatic nitrogens is 4. The van der Waals surface area contributed by atoms with Gasteiger partial charge in [0.25, 0.3) is 0 Å². The Labute approximate surface area is 109 Å². The highest BCUT2D eigenvalue weighted by atomic mass is 16.5. The Hall–Kier alpha value is -1.77. The van der Waals surface area contributed by atoms with Crippen LogP contribution in [0.25, 0.3) is 11.2 Å². The molecule has 0 radical (unpaired) electrons. The van der Waals surface area contributed by atoms with Crippen LogP contribution in [0.1, 0.15) is 12.6 Å². The number of hydrogen-bond donors (Lipinski definition) is 3. The summed E-state index contributed by atoms with van der Waals surface area (Å²) in [5.74, 6) is 0.352. The molecule has 3 heterocycles. The van der Waals surface area contributed by atoms with Crippen molar-refractivity contribution in [2.45, 2.75) is 24.8 Å². The zero-order chi connectivity index (χ0) is 13.4. The lowest BCUT2D eigenvalue weighted by Gasteiger charge is -2.14. The summed E-state index contributed by atoms with van der Waals surface area (Å²) in [6.45, 7) is -0.0221. The molecule has 4 N–H and O–H groups in total. The summed E-state index contributed by atoms with van der Waals surface area (Å²) in [5.41, 5.74) is 6.97. The second-order valence-corrected chi connectivity index (χ2v) is 4.53. The molecule has 3 atom stereocenters. The molecular formula is C11H16N6O2. The smallest absolute Gasteiger partial charge is 0.167 e. The first-order chi connectivity index (χ1) is 9.24. The van der Waals surface area contributed by atoms with Gasteiger partial charge in [0.05, 0.1) is 19.0 Å². The van der Waals surface area contributed by atoms with Crippen LogP contribution in [0.3, 0.4) is 0 Å². The number of likely N-dealkylation sites (N-methyl/N-ethyl adjacent to an activating group) is 1. The number of aliphatic hydroxyl groups excluding tert-OH is 1. The summed E-state index contributed by atoms with van der Waals surface area (Å²) in [4.78, 5) is 12.3. The molecule has 2 aromatic rings. The van der Waals surface area contributed by atoms with E-state index >= 15 is 0 Å². The summed E-state index contributed by atoms with van der Waals surface area (Å²) in [5, 5.41) is 12.4. The molecule has 1 saturated heterocycles. The van der Waals surface area contributed by atoms with Gasteiger partial charge in [-0.3, -0.25) is 4.57 Å². The molecule has 1 fully saturated rings. The van der Waals surface area contributed by atoms with Gasteiger partial charge in [-0.25, -0.2) is 15.0 Å². The van der Waals surface area contributed by atoms with Crippen molar-refractivity contribution in [2.75, 3.05) is 19.4 Å². The van der Waals surface area contributed by atoms with Gasteiger partial charge >= 0.3 is 0 Å². The minimum Gasteiger partial charge on any atom is -0.394 e. The highest BCUT2D eigenvalue weighted by molar-refractivity contribution is 5.81. The molecule has 8 heteroatoms. The van der Waals surface area contributed by atoms with Gasteiger partial charge in [-0.2, -0.15) is 0 Å². The molecule has 0 bridgehead atoms. The third-order valence-corrected chi connectivity index (χ3v) is 3.48. The molecular weight excluding hydrogens is 248 g/mol. The highest BCUT2D eigenvalue weighted by Crippen LogP contribution is 2.30. The van der Waals surface area contributed by atoms with E-state index in [1.54, 1.807) is 6.33 Å². The van der Waals surface area contributed by atoms with Crippen LogP contribution >= 0.6 is 0 Å². The average Bonchev–Trinajstić information content (AvgIpc) is 3.02. The molecule has 0 saturated carbocycles. The van der Waals surface area contributed by atoms with Gasteiger partial charge < -0.3 is 20.9 Å². The third kappa shape index (κ3) is 1.93. The molecule has 8 nitrogen and oxygen atoms in total. The van der Waals surface area contributed by atoms with Crippen molar-refractivity contribution in [3.05, 3.63) is 12.7 Å². The molecule has 0 aliphatic carbocycles. The Kier molecular flexibility index (Phi) is 3.05. The van der Waals surface area contributed by atoms with Crippen molar-refractivity contribution in [3.63, 3.8) is 0 Å². The van der Waals surface area contributed by atoms with Crippen LogP contribution in [-0.4, -0.2) is 50.4 Å². The second kappa shape index (κ2) is 4.72. The molecule has 1 unspecified atom stereocenters. The number of hydrogen-bond acceptors (Lipinski definition) is 7. The average molecular weight is 264 g/mol. The van der Waals surface area contributed by atoms with E-state index in [0.717, 1.165) is 6.42 Å². The molecule has 102 valence electrons. The Morgan fingerprint density at radius 1 is 1.53 bits per heavy atom. The van der Waals surface area contributed by atoms with E-state index in [1.807, 2.05) is 11.6 Å².